The number of nitrogens with zero attached hydrogens (tertiary/aromatic N) is 1. The molecule has 2 N–H and O–H groups in total. The third kappa shape index (κ3) is 3.15. The minimum absolute atomic E-state index is 0. The van der Waals surface area contributed by atoms with E-state index in [-0.39, 0.29) is 24.4 Å². The highest BCUT2D eigenvalue weighted by Gasteiger charge is 2.38. The standard InChI is InChI=1S/C16H22N2O.ClH/c17-15(12-5-2-1-3-6-12)9-16(19)18-10-13-7-4-8-14(13)11-18;/h1-3,5-6,13-15H,4,7-11,17H2;1H. The minimum Gasteiger partial charge on any atom is -0.342 e. The summed E-state index contributed by atoms with van der Waals surface area (Å²) >= 11 is 0. The van der Waals surface area contributed by atoms with Crippen molar-refractivity contribution < 1.29 is 4.79 Å². The summed E-state index contributed by atoms with van der Waals surface area (Å²) < 4.78 is 0. The SMILES string of the molecule is Cl.NC(CC(=O)N1CC2CCCC2C1)c1ccccc1. The molecule has 3 nitrogen and oxygen atoms in total. The number of rotatable bonds is 3. The van der Waals surface area contributed by atoms with Crippen LogP contribution in [0.1, 0.15) is 37.3 Å². The second kappa shape index (κ2) is 6.59. The molecule has 4 heteroatoms. The Kier molecular flexibility index (Phi) is 5.06. The highest BCUT2D eigenvalue weighted by atomic mass is 35.5. The summed E-state index contributed by atoms with van der Waals surface area (Å²) in [7, 11) is 0. The van der Waals surface area contributed by atoms with Crippen LogP contribution >= 0.6 is 12.4 Å². The van der Waals surface area contributed by atoms with Crippen LogP contribution in [0, 0.1) is 11.8 Å². The van der Waals surface area contributed by atoms with Crippen LogP contribution in [0.15, 0.2) is 30.3 Å². The Bertz CT molecular complexity index is 439. The average Bonchev–Trinajstić information content (AvgIpc) is 3.00. The first-order valence-corrected chi connectivity index (χ1v) is 7.32. The Morgan fingerprint density at radius 3 is 2.40 bits per heavy atom. The molecule has 1 saturated carbocycles. The number of amides is 1. The molecule has 1 heterocycles. The van der Waals surface area contributed by atoms with Crippen molar-refractivity contribution in [2.45, 2.75) is 31.7 Å². The van der Waals surface area contributed by atoms with E-state index in [1.807, 2.05) is 35.2 Å². The van der Waals surface area contributed by atoms with Gasteiger partial charge in [-0.1, -0.05) is 36.8 Å². The number of carbonyl (C=O) groups is 1. The molecule has 3 unspecified atom stereocenters. The molecule has 2 fully saturated rings. The van der Waals surface area contributed by atoms with Crippen molar-refractivity contribution in [1.82, 2.24) is 4.90 Å². The lowest BCUT2D eigenvalue weighted by Crippen LogP contribution is -2.32. The zero-order valence-corrected chi connectivity index (χ0v) is 12.5. The number of carbonyl (C=O) groups excluding carboxylic acids is 1. The summed E-state index contributed by atoms with van der Waals surface area (Å²) in [5, 5.41) is 0. The van der Waals surface area contributed by atoms with Gasteiger partial charge in [-0.05, 0) is 30.2 Å². The van der Waals surface area contributed by atoms with E-state index in [9.17, 15) is 4.79 Å². The summed E-state index contributed by atoms with van der Waals surface area (Å²) in [6.45, 7) is 1.93. The van der Waals surface area contributed by atoms with Gasteiger partial charge in [-0.3, -0.25) is 4.79 Å². The van der Waals surface area contributed by atoms with Crippen LogP contribution in [0.4, 0.5) is 0 Å². The molecule has 110 valence electrons. The first-order valence-electron chi connectivity index (χ1n) is 7.32. The zero-order valence-electron chi connectivity index (χ0n) is 11.7. The van der Waals surface area contributed by atoms with E-state index in [4.69, 9.17) is 5.73 Å². The lowest BCUT2D eigenvalue weighted by atomic mass is 10.0. The maximum absolute atomic E-state index is 12.3. The molecule has 0 aromatic heterocycles. The van der Waals surface area contributed by atoms with Gasteiger partial charge in [0.2, 0.25) is 5.91 Å². The van der Waals surface area contributed by atoms with Gasteiger partial charge in [0.15, 0.2) is 0 Å². The van der Waals surface area contributed by atoms with Crippen LogP contribution < -0.4 is 5.73 Å². The van der Waals surface area contributed by atoms with Crippen LogP contribution in [-0.2, 0) is 4.79 Å². The van der Waals surface area contributed by atoms with Crippen LogP contribution in [0.5, 0.6) is 0 Å². The lowest BCUT2D eigenvalue weighted by molar-refractivity contribution is -0.130. The van der Waals surface area contributed by atoms with E-state index in [0.717, 1.165) is 30.5 Å². The third-order valence-corrected chi connectivity index (χ3v) is 4.70. The van der Waals surface area contributed by atoms with Gasteiger partial charge >= 0.3 is 0 Å². The number of hydrogen-bond donors (Lipinski definition) is 1. The number of benzene rings is 1. The van der Waals surface area contributed by atoms with Crippen LogP contribution in [0.2, 0.25) is 0 Å². The van der Waals surface area contributed by atoms with Gasteiger partial charge in [0.1, 0.15) is 0 Å². The maximum Gasteiger partial charge on any atom is 0.224 e. The van der Waals surface area contributed by atoms with E-state index in [0.29, 0.717) is 6.42 Å². The predicted octanol–water partition coefficient (Wildman–Crippen LogP) is 2.76. The van der Waals surface area contributed by atoms with Crippen LogP contribution in [0.3, 0.4) is 0 Å². The quantitative estimate of drug-likeness (QED) is 0.932. The molecular formula is C16H23ClN2O. The molecule has 3 atom stereocenters. The maximum atomic E-state index is 12.3. The van der Waals surface area contributed by atoms with Crippen LogP contribution in [0.25, 0.3) is 0 Å². The lowest BCUT2D eigenvalue weighted by Gasteiger charge is -2.20. The van der Waals surface area contributed by atoms with E-state index in [1.165, 1.54) is 19.3 Å². The first-order chi connectivity index (χ1) is 9.24. The molecule has 0 spiro atoms. The highest BCUT2D eigenvalue weighted by Crippen LogP contribution is 2.38. The smallest absolute Gasteiger partial charge is 0.224 e. The van der Waals surface area contributed by atoms with Gasteiger partial charge < -0.3 is 10.6 Å². The van der Waals surface area contributed by atoms with Gasteiger partial charge in [0, 0.05) is 25.6 Å². The van der Waals surface area contributed by atoms with E-state index >= 15 is 0 Å². The Morgan fingerprint density at radius 1 is 1.20 bits per heavy atom. The fourth-order valence-electron chi connectivity index (χ4n) is 3.57. The summed E-state index contributed by atoms with van der Waals surface area (Å²) in [5.41, 5.74) is 7.18. The second-order valence-electron chi connectivity index (χ2n) is 5.97. The van der Waals surface area contributed by atoms with E-state index in [1.54, 1.807) is 0 Å². The largest absolute Gasteiger partial charge is 0.342 e. The van der Waals surface area contributed by atoms with Crippen molar-refractivity contribution >= 4 is 18.3 Å². The summed E-state index contributed by atoms with van der Waals surface area (Å²) in [6, 6.07) is 9.74. The summed E-state index contributed by atoms with van der Waals surface area (Å²) in [5.74, 6) is 1.75. The number of fused-ring (bicyclic) bond motifs is 1. The van der Waals surface area contributed by atoms with Gasteiger partial charge in [-0.25, -0.2) is 0 Å². The first kappa shape index (κ1) is 15.3. The molecule has 20 heavy (non-hydrogen) atoms. The fourth-order valence-corrected chi connectivity index (χ4v) is 3.57. The topological polar surface area (TPSA) is 46.3 Å². The molecule has 0 radical (unpaired) electrons. The fraction of sp³-hybridized carbons (Fsp3) is 0.562. The molecule has 1 aromatic carbocycles. The molecule has 1 amide bonds. The second-order valence-corrected chi connectivity index (χ2v) is 5.97. The monoisotopic (exact) mass is 294 g/mol. The minimum atomic E-state index is -0.172. The van der Waals surface area contributed by atoms with E-state index < -0.39 is 0 Å². The Morgan fingerprint density at radius 2 is 1.80 bits per heavy atom. The number of likely N-dealkylation sites (tertiary alicyclic amines) is 1. The van der Waals surface area contributed by atoms with Crippen molar-refractivity contribution in [3.8, 4) is 0 Å². The molecule has 1 saturated heterocycles. The highest BCUT2D eigenvalue weighted by molar-refractivity contribution is 5.85. The predicted molar refractivity (Wildman–Crippen MR) is 82.6 cm³/mol. The molecule has 2 aliphatic rings. The molecular weight excluding hydrogens is 272 g/mol. The van der Waals surface area contributed by atoms with Crippen molar-refractivity contribution in [3.05, 3.63) is 35.9 Å². The molecule has 3 rings (SSSR count). The third-order valence-electron chi connectivity index (χ3n) is 4.70. The Labute approximate surface area is 126 Å². The molecule has 1 aliphatic heterocycles. The van der Waals surface area contributed by atoms with Gasteiger partial charge in [0.05, 0.1) is 0 Å². The van der Waals surface area contributed by atoms with Crippen molar-refractivity contribution in [3.63, 3.8) is 0 Å². The van der Waals surface area contributed by atoms with Gasteiger partial charge in [0.25, 0.3) is 0 Å². The number of halogens is 1. The van der Waals surface area contributed by atoms with Crippen LogP contribution in [-0.4, -0.2) is 23.9 Å². The van der Waals surface area contributed by atoms with Crippen molar-refractivity contribution in [2.75, 3.05) is 13.1 Å². The molecule has 1 aromatic rings. The van der Waals surface area contributed by atoms with Crippen molar-refractivity contribution in [2.24, 2.45) is 17.6 Å². The van der Waals surface area contributed by atoms with Gasteiger partial charge in [-0.15, -0.1) is 12.4 Å². The molecule has 0 bridgehead atoms. The zero-order chi connectivity index (χ0) is 13.2. The molecule has 1 aliphatic carbocycles. The summed E-state index contributed by atoms with van der Waals surface area (Å²) in [6.07, 6.45) is 4.39. The van der Waals surface area contributed by atoms with Crippen molar-refractivity contribution in [1.29, 1.82) is 0 Å². The normalized spacial score (nSPS) is 25.9. The van der Waals surface area contributed by atoms with E-state index in [2.05, 4.69) is 0 Å². The number of nitrogens with two attached hydrogens (primary N) is 1. The number of hydrogen-bond acceptors (Lipinski definition) is 2. The van der Waals surface area contributed by atoms with Gasteiger partial charge in [-0.2, -0.15) is 0 Å². The average molecular weight is 295 g/mol. The Balaban J connectivity index is 0.00000147. The Hall–Kier alpha value is -1.06. The summed E-state index contributed by atoms with van der Waals surface area (Å²) in [4.78, 5) is 14.3.